The van der Waals surface area contributed by atoms with E-state index in [1.54, 1.807) is 4.90 Å². The second-order valence-electron chi connectivity index (χ2n) is 6.49. The predicted molar refractivity (Wildman–Crippen MR) is 68.4 cm³/mol. The van der Waals surface area contributed by atoms with Gasteiger partial charge in [0.1, 0.15) is 5.60 Å². The lowest BCUT2D eigenvalue weighted by Crippen LogP contribution is -2.52. The summed E-state index contributed by atoms with van der Waals surface area (Å²) in [6.07, 6.45) is 2.12. The van der Waals surface area contributed by atoms with Gasteiger partial charge in [-0.15, -0.1) is 0 Å². The Morgan fingerprint density at radius 3 is 2.44 bits per heavy atom. The Bertz CT molecular complexity index is 317. The highest BCUT2D eigenvalue weighted by Crippen LogP contribution is 2.31. The molecule has 104 valence electrons. The van der Waals surface area contributed by atoms with Gasteiger partial charge in [0, 0.05) is 25.2 Å². The predicted octanol–water partition coefficient (Wildman–Crippen LogP) is 1.11. The Labute approximate surface area is 108 Å². The number of carbonyl (C=O) groups excluding carboxylic acids is 1. The number of carbonyl (C=O) groups is 1. The van der Waals surface area contributed by atoms with Gasteiger partial charge in [-0.25, -0.2) is 4.79 Å². The van der Waals surface area contributed by atoms with Crippen LogP contribution in [0.3, 0.4) is 0 Å². The van der Waals surface area contributed by atoms with E-state index in [9.17, 15) is 9.90 Å². The fourth-order valence-electron chi connectivity index (χ4n) is 2.75. The van der Waals surface area contributed by atoms with E-state index in [4.69, 9.17) is 4.74 Å². The van der Waals surface area contributed by atoms with Gasteiger partial charge in [-0.3, -0.25) is 0 Å². The monoisotopic (exact) mass is 256 g/mol. The zero-order valence-electron chi connectivity index (χ0n) is 11.5. The lowest BCUT2D eigenvalue weighted by molar-refractivity contribution is 0.0152. The summed E-state index contributed by atoms with van der Waals surface area (Å²) in [7, 11) is 0. The number of nitrogens with zero attached hydrogens (tertiary/aromatic N) is 1. The second kappa shape index (κ2) is 4.70. The first kappa shape index (κ1) is 13.6. The summed E-state index contributed by atoms with van der Waals surface area (Å²) < 4.78 is 5.37. The number of piperidine rings is 1. The van der Waals surface area contributed by atoms with Crippen molar-refractivity contribution in [1.82, 2.24) is 10.2 Å². The van der Waals surface area contributed by atoms with E-state index in [0.29, 0.717) is 19.6 Å². The van der Waals surface area contributed by atoms with Gasteiger partial charge in [0.25, 0.3) is 0 Å². The van der Waals surface area contributed by atoms with E-state index in [0.717, 1.165) is 19.3 Å². The number of hydrogen-bond acceptors (Lipinski definition) is 4. The Hall–Kier alpha value is -0.810. The third-order valence-corrected chi connectivity index (χ3v) is 3.71. The fourth-order valence-corrected chi connectivity index (χ4v) is 2.75. The van der Waals surface area contributed by atoms with Crippen LogP contribution in [0.25, 0.3) is 0 Å². The molecule has 0 aliphatic carbocycles. The number of nitrogens with one attached hydrogen (secondary N) is 1. The SMILES string of the molecule is CC(C)(C)OC(=O)N1CCC2(CC1)C[C@@H](O)CN2. The van der Waals surface area contributed by atoms with Crippen LogP contribution in [-0.2, 0) is 4.74 Å². The Morgan fingerprint density at radius 1 is 1.39 bits per heavy atom. The van der Waals surface area contributed by atoms with Crippen molar-refractivity contribution in [3.05, 3.63) is 0 Å². The van der Waals surface area contributed by atoms with Crippen molar-refractivity contribution < 1.29 is 14.6 Å². The molecule has 2 N–H and O–H groups in total. The van der Waals surface area contributed by atoms with Crippen molar-refractivity contribution in [3.63, 3.8) is 0 Å². The zero-order chi connectivity index (χ0) is 13.4. The third kappa shape index (κ3) is 3.14. The molecule has 2 aliphatic heterocycles. The average Bonchev–Trinajstić information content (AvgIpc) is 2.58. The fraction of sp³-hybridized carbons (Fsp3) is 0.923. The van der Waals surface area contributed by atoms with Crippen molar-refractivity contribution >= 4 is 6.09 Å². The molecular weight excluding hydrogens is 232 g/mol. The topological polar surface area (TPSA) is 61.8 Å². The number of rotatable bonds is 0. The summed E-state index contributed by atoms with van der Waals surface area (Å²) in [4.78, 5) is 13.7. The minimum atomic E-state index is -0.436. The maximum absolute atomic E-state index is 11.9. The lowest BCUT2D eigenvalue weighted by Gasteiger charge is -2.39. The summed E-state index contributed by atoms with van der Waals surface area (Å²) in [6, 6.07) is 0. The number of amides is 1. The average molecular weight is 256 g/mol. The molecule has 5 nitrogen and oxygen atoms in total. The van der Waals surface area contributed by atoms with Gasteiger partial charge in [0.15, 0.2) is 0 Å². The highest BCUT2D eigenvalue weighted by molar-refractivity contribution is 5.68. The first-order valence-corrected chi connectivity index (χ1v) is 6.71. The molecule has 2 heterocycles. The van der Waals surface area contributed by atoms with Crippen LogP contribution >= 0.6 is 0 Å². The molecule has 2 rings (SSSR count). The van der Waals surface area contributed by atoms with Crippen LogP contribution in [0.5, 0.6) is 0 Å². The van der Waals surface area contributed by atoms with Crippen LogP contribution in [0.2, 0.25) is 0 Å². The molecule has 2 fully saturated rings. The van der Waals surface area contributed by atoms with Crippen molar-refractivity contribution in [2.24, 2.45) is 0 Å². The second-order valence-corrected chi connectivity index (χ2v) is 6.49. The highest BCUT2D eigenvalue weighted by atomic mass is 16.6. The number of aliphatic hydroxyl groups is 1. The maximum atomic E-state index is 11.9. The van der Waals surface area contributed by atoms with Gasteiger partial charge in [-0.1, -0.05) is 0 Å². The van der Waals surface area contributed by atoms with E-state index in [-0.39, 0.29) is 17.7 Å². The van der Waals surface area contributed by atoms with E-state index in [2.05, 4.69) is 5.32 Å². The van der Waals surface area contributed by atoms with Gasteiger partial charge < -0.3 is 20.1 Å². The smallest absolute Gasteiger partial charge is 0.410 e. The normalized spacial score (nSPS) is 27.6. The summed E-state index contributed by atoms with van der Waals surface area (Å²) >= 11 is 0. The van der Waals surface area contributed by atoms with Crippen LogP contribution in [0.1, 0.15) is 40.0 Å². The van der Waals surface area contributed by atoms with Gasteiger partial charge >= 0.3 is 6.09 Å². The quantitative estimate of drug-likeness (QED) is 0.681. The van der Waals surface area contributed by atoms with E-state index in [1.807, 2.05) is 20.8 Å². The molecule has 18 heavy (non-hydrogen) atoms. The van der Waals surface area contributed by atoms with Crippen molar-refractivity contribution in [1.29, 1.82) is 0 Å². The molecule has 1 atom stereocenters. The van der Waals surface area contributed by atoms with Crippen LogP contribution in [0.4, 0.5) is 4.79 Å². The van der Waals surface area contributed by atoms with Gasteiger partial charge in [0.2, 0.25) is 0 Å². The number of β-amino-alcohol motifs (C(OH)–C–C–N with tert-alkyl or cyclic N) is 1. The minimum absolute atomic E-state index is 0.0396. The summed E-state index contributed by atoms with van der Waals surface area (Å²) in [5.41, 5.74) is -0.397. The molecule has 2 saturated heterocycles. The standard InChI is InChI=1S/C13H24N2O3/c1-12(2,3)18-11(17)15-6-4-13(5-7-15)8-10(16)9-14-13/h10,14,16H,4-9H2,1-3H3/t10-/m1/s1. The molecule has 0 aromatic rings. The van der Waals surface area contributed by atoms with Crippen molar-refractivity contribution in [2.75, 3.05) is 19.6 Å². The Balaban J connectivity index is 1.85. The minimum Gasteiger partial charge on any atom is -0.444 e. The molecule has 0 aromatic carbocycles. The van der Waals surface area contributed by atoms with Crippen molar-refractivity contribution in [2.45, 2.75) is 57.3 Å². The Kier molecular flexibility index (Phi) is 3.56. The number of ether oxygens (including phenoxy) is 1. The molecule has 1 spiro atoms. The molecule has 5 heteroatoms. The molecule has 0 aromatic heterocycles. The molecule has 1 amide bonds. The molecule has 2 aliphatic rings. The van der Waals surface area contributed by atoms with Gasteiger partial charge in [-0.05, 0) is 40.0 Å². The molecular formula is C13H24N2O3. The summed E-state index contributed by atoms with van der Waals surface area (Å²) in [5, 5.41) is 13.0. The van der Waals surface area contributed by atoms with E-state index in [1.165, 1.54) is 0 Å². The van der Waals surface area contributed by atoms with Gasteiger partial charge in [-0.2, -0.15) is 0 Å². The van der Waals surface area contributed by atoms with E-state index >= 15 is 0 Å². The lowest BCUT2D eigenvalue weighted by atomic mass is 9.86. The first-order valence-electron chi connectivity index (χ1n) is 6.71. The Morgan fingerprint density at radius 2 is 2.00 bits per heavy atom. The third-order valence-electron chi connectivity index (χ3n) is 3.71. The number of aliphatic hydroxyl groups excluding tert-OH is 1. The maximum Gasteiger partial charge on any atom is 0.410 e. The summed E-state index contributed by atoms with van der Waals surface area (Å²) in [6.45, 7) is 7.72. The van der Waals surface area contributed by atoms with Crippen molar-refractivity contribution in [3.8, 4) is 0 Å². The molecule has 0 saturated carbocycles. The first-order chi connectivity index (χ1) is 8.30. The molecule has 0 unspecified atom stereocenters. The van der Waals surface area contributed by atoms with Crippen LogP contribution in [-0.4, -0.2) is 53.0 Å². The number of likely N-dealkylation sites (tertiary alicyclic amines) is 1. The van der Waals surface area contributed by atoms with Crippen LogP contribution in [0, 0.1) is 0 Å². The molecule has 0 bridgehead atoms. The summed E-state index contributed by atoms with van der Waals surface area (Å²) in [5.74, 6) is 0. The molecule has 0 radical (unpaired) electrons. The largest absolute Gasteiger partial charge is 0.444 e. The van der Waals surface area contributed by atoms with Crippen LogP contribution in [0.15, 0.2) is 0 Å². The van der Waals surface area contributed by atoms with Crippen LogP contribution < -0.4 is 5.32 Å². The van der Waals surface area contributed by atoms with E-state index < -0.39 is 5.60 Å². The van der Waals surface area contributed by atoms with Gasteiger partial charge in [0.05, 0.1) is 6.10 Å². The number of hydrogen-bond donors (Lipinski definition) is 2. The zero-order valence-corrected chi connectivity index (χ0v) is 11.5. The highest BCUT2D eigenvalue weighted by Gasteiger charge is 2.41.